The van der Waals surface area contributed by atoms with Crippen LogP contribution < -0.4 is 8.38 Å². The fraction of sp³-hybridized carbons (Fsp3) is 0.476. The molecule has 1 N–H and O–H groups in total. The molecule has 0 saturated carbocycles. The van der Waals surface area contributed by atoms with Crippen molar-refractivity contribution in [2.75, 3.05) is 7.36 Å². The number of rotatable bonds is 10. The topological polar surface area (TPSA) is 126 Å². The van der Waals surface area contributed by atoms with Crippen LogP contribution >= 0.6 is 42.8 Å². The molecule has 0 bridgehead atoms. The predicted octanol–water partition coefficient (Wildman–Crippen LogP) is 5.52. The minimum absolute atomic E-state index is 0.0480. The third-order valence-electron chi connectivity index (χ3n) is 4.10. The number of carbonyl (C=O) groups excluding carboxylic acids is 1. The summed E-state index contributed by atoms with van der Waals surface area (Å²) in [7, 11) is 0. The quantitative estimate of drug-likeness (QED) is 0.149. The normalized spacial score (nSPS) is 13.6. The molecule has 1 heterocycles. The molecule has 0 spiro atoms. The molecule has 2 rings (SSSR count). The molecule has 0 fully saturated rings. The third-order valence-corrected chi connectivity index (χ3v) is 11.6. The summed E-state index contributed by atoms with van der Waals surface area (Å²) in [6.45, 7) is 6.82. The van der Waals surface area contributed by atoms with Gasteiger partial charge in [0.1, 0.15) is 5.60 Å². The van der Waals surface area contributed by atoms with E-state index in [4.69, 9.17) is 12.5 Å². The van der Waals surface area contributed by atoms with Crippen LogP contribution in [0.25, 0.3) is 0 Å². The van der Waals surface area contributed by atoms with E-state index in [1.54, 1.807) is 39.8 Å². The Hall–Kier alpha value is -1.88. The zero-order valence-electron chi connectivity index (χ0n) is 19.4. The number of alkyl carbamates (subject to hydrolysis) is 1. The molecule has 10 nitrogen and oxygen atoms in total. The van der Waals surface area contributed by atoms with Gasteiger partial charge in [-0.05, 0) is 20.8 Å². The monoisotopic (exact) mass is 704 g/mol. The van der Waals surface area contributed by atoms with Crippen molar-refractivity contribution in [3.63, 3.8) is 0 Å². The Morgan fingerprint density at radius 3 is 2.53 bits per heavy atom. The Kier molecular flexibility index (Phi) is 10.6. The van der Waals surface area contributed by atoms with Gasteiger partial charge in [-0.1, -0.05) is 0 Å². The van der Waals surface area contributed by atoms with Gasteiger partial charge in [0.25, 0.3) is 0 Å². The van der Waals surface area contributed by atoms with E-state index in [9.17, 15) is 19.3 Å². The maximum atomic E-state index is 13.3. The van der Waals surface area contributed by atoms with Gasteiger partial charge >= 0.3 is 189 Å². The van der Waals surface area contributed by atoms with E-state index < -0.39 is 54.8 Å². The van der Waals surface area contributed by atoms with Crippen LogP contribution in [-0.4, -0.2) is 40.0 Å². The molecule has 0 radical (unpaired) electrons. The van der Waals surface area contributed by atoms with Gasteiger partial charge in [0.15, 0.2) is 0 Å². The van der Waals surface area contributed by atoms with E-state index in [0.717, 1.165) is 14.8 Å². The van der Waals surface area contributed by atoms with E-state index in [1.165, 1.54) is 6.07 Å². The molecule has 2 aromatic rings. The van der Waals surface area contributed by atoms with Gasteiger partial charge in [-0.3, -0.25) is 0 Å². The van der Waals surface area contributed by atoms with Gasteiger partial charge in [-0.15, -0.1) is 0 Å². The molecular weight excluding hydrogens is 677 g/mol. The van der Waals surface area contributed by atoms with E-state index in [-0.39, 0.29) is 23.9 Å². The fourth-order valence-corrected chi connectivity index (χ4v) is 4.78. The Morgan fingerprint density at radius 1 is 1.32 bits per heavy atom. The molecule has 1 aromatic carbocycles. The van der Waals surface area contributed by atoms with Crippen molar-refractivity contribution in [2.24, 2.45) is 0 Å². The molecule has 1 amide bonds. The van der Waals surface area contributed by atoms with Crippen molar-refractivity contribution in [2.45, 2.75) is 52.0 Å². The van der Waals surface area contributed by atoms with Gasteiger partial charge in [0, 0.05) is 0 Å². The third kappa shape index (κ3) is 9.05. The maximum absolute atomic E-state index is 13.3. The number of hydrogen-bond acceptors (Lipinski definition) is 8. The number of benzene rings is 1. The molecule has 0 aliphatic rings. The minimum atomic E-state index is -1.74. The van der Waals surface area contributed by atoms with E-state index in [2.05, 4.69) is 37.9 Å². The standard InChI is InChI=1S/C21H27FI2N4O6/c1-13(27-20(29)33-21(2,3)4)18(19-25-9-15(22)10-26-19)32-11-14-6-7-17(34-24(5)12-23)16(8-14)28(30)31/h6-10,13,18H,11-12H2,1-5H3,(H,27,29). The molecule has 0 aliphatic carbocycles. The van der Waals surface area contributed by atoms with Crippen LogP contribution in [-0.2, 0) is 16.1 Å². The number of hydrogen-bond donors (Lipinski definition) is 1. The fourth-order valence-electron chi connectivity index (χ4n) is 2.69. The summed E-state index contributed by atoms with van der Waals surface area (Å²) in [5.41, 5.74) is -0.334. The van der Waals surface area contributed by atoms with Crippen LogP contribution in [0, 0.1) is 15.9 Å². The Morgan fingerprint density at radius 2 is 1.97 bits per heavy atom. The van der Waals surface area contributed by atoms with Crippen LogP contribution in [0.3, 0.4) is 0 Å². The first-order valence-corrected chi connectivity index (χ1v) is 16.1. The second-order valence-electron chi connectivity index (χ2n) is 8.19. The Labute approximate surface area is 218 Å². The summed E-state index contributed by atoms with van der Waals surface area (Å²) in [5.74, 6) is -0.246. The molecule has 13 heteroatoms. The molecule has 0 aliphatic heterocycles. The molecule has 1 aromatic heterocycles. The van der Waals surface area contributed by atoms with Crippen molar-refractivity contribution < 1.29 is 26.6 Å². The van der Waals surface area contributed by atoms with Gasteiger partial charge in [0.05, 0.1) is 0 Å². The van der Waals surface area contributed by atoms with Crippen molar-refractivity contribution in [3.8, 4) is 5.75 Å². The number of amides is 1. The number of alkyl halides is 3. The second-order valence-corrected chi connectivity index (χ2v) is 16.1. The van der Waals surface area contributed by atoms with Crippen molar-refractivity contribution in [1.29, 1.82) is 0 Å². The number of aromatic nitrogens is 2. The number of carbonyl (C=O) groups is 1. The molecule has 188 valence electrons. The van der Waals surface area contributed by atoms with Crippen LogP contribution in [0.5, 0.6) is 5.75 Å². The number of halogens is 3. The number of nitrogens with zero attached hydrogens (tertiary/aromatic N) is 3. The molecule has 0 saturated heterocycles. The Balaban J connectivity index is 2.23. The van der Waals surface area contributed by atoms with Crippen molar-refractivity contribution >= 4 is 54.6 Å². The van der Waals surface area contributed by atoms with E-state index in [0.29, 0.717) is 5.56 Å². The van der Waals surface area contributed by atoms with E-state index in [1.807, 2.05) is 4.93 Å². The molecular formula is C21H27FI2N4O6. The predicted molar refractivity (Wildman–Crippen MR) is 141 cm³/mol. The summed E-state index contributed by atoms with van der Waals surface area (Å²) >= 11 is 0.468. The molecule has 2 atom stereocenters. The van der Waals surface area contributed by atoms with Gasteiger partial charge in [-0.25, -0.2) is 4.39 Å². The summed E-state index contributed by atoms with van der Waals surface area (Å²) in [6.07, 6.45) is 0.445. The number of nitro groups is 1. The molecule has 34 heavy (non-hydrogen) atoms. The zero-order valence-corrected chi connectivity index (χ0v) is 23.7. The second kappa shape index (κ2) is 12.7. The molecule has 2 unspecified atom stereocenters. The first-order valence-electron chi connectivity index (χ1n) is 10.1. The van der Waals surface area contributed by atoms with Gasteiger partial charge in [0.2, 0.25) is 0 Å². The summed E-state index contributed by atoms with van der Waals surface area (Å²) < 4.78 is 31.2. The summed E-state index contributed by atoms with van der Waals surface area (Å²) in [6, 6.07) is 3.96. The zero-order chi connectivity index (χ0) is 25.5. The summed E-state index contributed by atoms with van der Waals surface area (Å²) in [5, 5.41) is 14.2. The van der Waals surface area contributed by atoms with E-state index >= 15 is 0 Å². The Bertz CT molecular complexity index is 990. The SMILES string of the molecule is CC(NC(=O)OC(C)(C)C)C(OCc1ccc(OI(C)CI)c([N+](=O)[O-])c1)c1ncc(F)cn1. The average Bonchev–Trinajstić information content (AvgIpc) is 2.74. The van der Waals surface area contributed by atoms with Crippen LogP contribution in [0.4, 0.5) is 14.9 Å². The average molecular weight is 704 g/mol. The van der Waals surface area contributed by atoms with Crippen molar-refractivity contribution in [3.05, 3.63) is 57.9 Å². The first kappa shape index (κ1) is 28.4. The van der Waals surface area contributed by atoms with Crippen LogP contribution in [0.1, 0.15) is 45.2 Å². The first-order chi connectivity index (χ1) is 15.9. The summed E-state index contributed by atoms with van der Waals surface area (Å²) in [4.78, 5) is 33.2. The number of nitro benzene ring substituents is 1. The van der Waals surface area contributed by atoms with Gasteiger partial charge < -0.3 is 0 Å². The number of nitrogens with one attached hydrogen (secondary N) is 1. The van der Waals surface area contributed by atoms with Crippen LogP contribution in [0.2, 0.25) is 0 Å². The van der Waals surface area contributed by atoms with Crippen LogP contribution in [0.15, 0.2) is 30.6 Å². The van der Waals surface area contributed by atoms with Gasteiger partial charge in [-0.2, -0.15) is 0 Å². The van der Waals surface area contributed by atoms with Crippen molar-refractivity contribution in [1.82, 2.24) is 15.3 Å². The number of ether oxygens (including phenoxy) is 2.